The van der Waals surface area contributed by atoms with Crippen molar-refractivity contribution in [1.29, 1.82) is 0 Å². The van der Waals surface area contributed by atoms with Crippen molar-refractivity contribution in [2.24, 2.45) is 0 Å². The van der Waals surface area contributed by atoms with Gasteiger partial charge >= 0.3 is 5.69 Å². The fraction of sp³-hybridized carbons (Fsp3) is 0.500. The van der Waals surface area contributed by atoms with Crippen LogP contribution in [0.1, 0.15) is 26.0 Å². The molecule has 0 aliphatic carbocycles. The summed E-state index contributed by atoms with van der Waals surface area (Å²) in [5.74, 6) is 5.55. The fourth-order valence-corrected chi connectivity index (χ4v) is 2.06. The molecule has 6 nitrogen and oxygen atoms in total. The SMILES string of the molecule is CC#C[C@@]1(CO)CC[C@H](n2ccc(=O)[nH]c2=O)O1. The Balaban J connectivity index is 2.30. The van der Waals surface area contributed by atoms with Crippen molar-refractivity contribution in [2.75, 3.05) is 6.61 Å². The highest BCUT2D eigenvalue weighted by Crippen LogP contribution is 2.34. The van der Waals surface area contributed by atoms with E-state index < -0.39 is 23.1 Å². The maximum Gasteiger partial charge on any atom is 0.330 e. The summed E-state index contributed by atoms with van der Waals surface area (Å²) in [5.41, 5.74) is -1.88. The summed E-state index contributed by atoms with van der Waals surface area (Å²) in [7, 11) is 0. The number of aromatic amines is 1. The topological polar surface area (TPSA) is 84.3 Å². The number of H-pyrrole nitrogens is 1. The minimum Gasteiger partial charge on any atom is -0.392 e. The first kappa shape index (κ1) is 12.6. The number of nitrogens with one attached hydrogen (secondary N) is 1. The van der Waals surface area contributed by atoms with Gasteiger partial charge in [0.1, 0.15) is 6.23 Å². The third-order valence-corrected chi connectivity index (χ3v) is 2.93. The summed E-state index contributed by atoms with van der Waals surface area (Å²) in [4.78, 5) is 24.8. The van der Waals surface area contributed by atoms with Crippen LogP contribution < -0.4 is 11.2 Å². The molecular weight excluding hydrogens is 236 g/mol. The zero-order valence-electron chi connectivity index (χ0n) is 9.97. The monoisotopic (exact) mass is 250 g/mol. The van der Waals surface area contributed by atoms with E-state index in [1.165, 1.54) is 16.8 Å². The van der Waals surface area contributed by atoms with Crippen LogP contribution in [0.25, 0.3) is 0 Å². The quantitative estimate of drug-likeness (QED) is 0.699. The van der Waals surface area contributed by atoms with Gasteiger partial charge in [-0.2, -0.15) is 0 Å². The van der Waals surface area contributed by atoms with E-state index in [9.17, 15) is 14.7 Å². The van der Waals surface area contributed by atoms with E-state index in [4.69, 9.17) is 4.74 Å². The predicted octanol–water partition coefficient (Wildman–Crippen LogP) is -0.400. The first-order valence-corrected chi connectivity index (χ1v) is 5.64. The van der Waals surface area contributed by atoms with Crippen molar-refractivity contribution < 1.29 is 9.84 Å². The molecule has 2 rings (SSSR count). The van der Waals surface area contributed by atoms with Crippen LogP contribution in [0.3, 0.4) is 0 Å². The predicted molar refractivity (Wildman–Crippen MR) is 63.9 cm³/mol. The van der Waals surface area contributed by atoms with E-state index in [-0.39, 0.29) is 6.61 Å². The molecule has 1 aromatic heterocycles. The Morgan fingerprint density at radius 1 is 1.67 bits per heavy atom. The Morgan fingerprint density at radius 2 is 2.44 bits per heavy atom. The van der Waals surface area contributed by atoms with E-state index in [2.05, 4.69) is 16.8 Å². The fourth-order valence-electron chi connectivity index (χ4n) is 2.06. The van der Waals surface area contributed by atoms with E-state index in [0.29, 0.717) is 12.8 Å². The van der Waals surface area contributed by atoms with Gasteiger partial charge in [-0.25, -0.2) is 4.79 Å². The minimum absolute atomic E-state index is 0.220. The van der Waals surface area contributed by atoms with Gasteiger partial charge in [0.15, 0.2) is 5.60 Å². The molecule has 2 N–H and O–H groups in total. The molecule has 18 heavy (non-hydrogen) atoms. The molecule has 0 radical (unpaired) electrons. The normalized spacial score (nSPS) is 26.7. The summed E-state index contributed by atoms with van der Waals surface area (Å²) in [5, 5.41) is 9.35. The lowest BCUT2D eigenvalue weighted by molar-refractivity contribution is -0.0650. The third kappa shape index (κ3) is 2.23. The first-order valence-electron chi connectivity index (χ1n) is 5.64. The summed E-state index contributed by atoms with van der Waals surface area (Å²) < 4.78 is 6.96. The molecule has 1 aromatic rings. The van der Waals surface area contributed by atoms with Crippen LogP contribution in [-0.4, -0.2) is 26.9 Å². The second kappa shape index (κ2) is 4.80. The number of nitrogens with zero attached hydrogens (tertiary/aromatic N) is 1. The summed E-state index contributed by atoms with van der Waals surface area (Å²) in [6.45, 7) is 1.45. The van der Waals surface area contributed by atoms with Gasteiger partial charge in [-0.05, 0) is 19.8 Å². The Bertz CT molecular complexity index is 607. The number of aliphatic hydroxyl groups excluding tert-OH is 1. The Labute approximate surface area is 103 Å². The molecule has 0 bridgehead atoms. The Morgan fingerprint density at radius 3 is 3.06 bits per heavy atom. The summed E-state index contributed by atoms with van der Waals surface area (Å²) in [6.07, 6.45) is 1.97. The van der Waals surface area contributed by atoms with Crippen LogP contribution >= 0.6 is 0 Å². The van der Waals surface area contributed by atoms with E-state index in [1.54, 1.807) is 6.92 Å². The number of aliphatic hydroxyl groups is 1. The molecule has 0 amide bonds. The highest BCUT2D eigenvalue weighted by atomic mass is 16.5. The molecule has 0 saturated carbocycles. The van der Waals surface area contributed by atoms with Crippen LogP contribution in [0.15, 0.2) is 21.9 Å². The van der Waals surface area contributed by atoms with Gasteiger partial charge in [0, 0.05) is 12.3 Å². The standard InChI is InChI=1S/C12H14N2O4/c1-2-5-12(8-15)6-3-10(18-12)14-7-4-9(16)13-11(14)17/h4,7,10,15H,3,6,8H2,1H3,(H,13,16,17)/t10-,12+/m1/s1. The number of hydrogen-bond acceptors (Lipinski definition) is 4. The van der Waals surface area contributed by atoms with E-state index in [1.807, 2.05) is 0 Å². The lowest BCUT2D eigenvalue weighted by Crippen LogP contribution is -2.35. The van der Waals surface area contributed by atoms with Gasteiger partial charge in [-0.1, -0.05) is 5.92 Å². The van der Waals surface area contributed by atoms with Crippen LogP contribution in [0.2, 0.25) is 0 Å². The highest BCUT2D eigenvalue weighted by molar-refractivity contribution is 5.15. The summed E-state index contributed by atoms with van der Waals surface area (Å²) in [6, 6.07) is 1.26. The van der Waals surface area contributed by atoms with Crippen LogP contribution in [0, 0.1) is 11.8 Å². The van der Waals surface area contributed by atoms with Crippen molar-refractivity contribution in [3.63, 3.8) is 0 Å². The van der Waals surface area contributed by atoms with Gasteiger partial charge in [0.25, 0.3) is 5.56 Å². The highest BCUT2D eigenvalue weighted by Gasteiger charge is 2.39. The molecule has 6 heteroatoms. The smallest absolute Gasteiger partial charge is 0.330 e. The van der Waals surface area contributed by atoms with Crippen molar-refractivity contribution in [1.82, 2.24) is 9.55 Å². The second-order valence-electron chi connectivity index (χ2n) is 4.16. The molecular formula is C12H14N2O4. The van der Waals surface area contributed by atoms with Crippen molar-refractivity contribution in [2.45, 2.75) is 31.6 Å². The van der Waals surface area contributed by atoms with Gasteiger partial charge < -0.3 is 9.84 Å². The molecule has 1 fully saturated rings. The van der Waals surface area contributed by atoms with Gasteiger partial charge in [0.2, 0.25) is 0 Å². The minimum atomic E-state index is -0.908. The zero-order chi connectivity index (χ0) is 13.2. The molecule has 0 aromatic carbocycles. The van der Waals surface area contributed by atoms with E-state index in [0.717, 1.165) is 0 Å². The maximum atomic E-state index is 11.6. The lowest BCUT2D eigenvalue weighted by Gasteiger charge is -2.21. The van der Waals surface area contributed by atoms with Crippen LogP contribution in [0.4, 0.5) is 0 Å². The number of hydrogen-bond donors (Lipinski definition) is 2. The zero-order valence-corrected chi connectivity index (χ0v) is 9.97. The lowest BCUT2D eigenvalue weighted by atomic mass is 10.0. The van der Waals surface area contributed by atoms with Gasteiger partial charge in [0.05, 0.1) is 6.61 Å². The molecule has 2 atom stereocenters. The molecule has 1 aliphatic rings. The Hall–Kier alpha value is -1.84. The maximum absolute atomic E-state index is 11.6. The number of aromatic nitrogens is 2. The van der Waals surface area contributed by atoms with Crippen LogP contribution in [0.5, 0.6) is 0 Å². The average Bonchev–Trinajstić information content (AvgIpc) is 2.74. The number of ether oxygens (including phenoxy) is 1. The Kier molecular flexibility index (Phi) is 3.36. The van der Waals surface area contributed by atoms with Crippen LogP contribution in [-0.2, 0) is 4.74 Å². The molecule has 2 heterocycles. The molecule has 1 aliphatic heterocycles. The summed E-state index contributed by atoms with van der Waals surface area (Å²) >= 11 is 0. The van der Waals surface area contributed by atoms with Crippen molar-refractivity contribution >= 4 is 0 Å². The van der Waals surface area contributed by atoms with Gasteiger partial charge in [-0.3, -0.25) is 14.3 Å². The van der Waals surface area contributed by atoms with Crippen molar-refractivity contribution in [3.8, 4) is 11.8 Å². The first-order chi connectivity index (χ1) is 8.60. The number of rotatable bonds is 2. The molecule has 0 spiro atoms. The molecule has 96 valence electrons. The largest absolute Gasteiger partial charge is 0.392 e. The molecule has 1 saturated heterocycles. The van der Waals surface area contributed by atoms with Gasteiger partial charge in [-0.15, -0.1) is 5.92 Å². The van der Waals surface area contributed by atoms with E-state index >= 15 is 0 Å². The third-order valence-electron chi connectivity index (χ3n) is 2.93. The molecule has 0 unspecified atom stereocenters. The van der Waals surface area contributed by atoms with Crippen molar-refractivity contribution in [3.05, 3.63) is 33.1 Å². The second-order valence-corrected chi connectivity index (χ2v) is 4.16. The average molecular weight is 250 g/mol.